The summed E-state index contributed by atoms with van der Waals surface area (Å²) in [4.78, 5) is 12.8. The largest absolute Gasteiger partial charge is 0.333 e. The Balaban J connectivity index is 1.71. The van der Waals surface area contributed by atoms with Crippen LogP contribution in [0.1, 0.15) is 36.6 Å². The minimum Gasteiger partial charge on any atom is -0.333 e. The summed E-state index contributed by atoms with van der Waals surface area (Å²) in [6.07, 6.45) is 8.19. The summed E-state index contributed by atoms with van der Waals surface area (Å²) in [5.41, 5.74) is 7.11. The first-order valence-electron chi connectivity index (χ1n) is 7.61. The van der Waals surface area contributed by atoms with Gasteiger partial charge in [0.15, 0.2) is 0 Å². The van der Waals surface area contributed by atoms with Gasteiger partial charge >= 0.3 is 0 Å². The predicted octanol–water partition coefficient (Wildman–Crippen LogP) is 2.99. The van der Waals surface area contributed by atoms with E-state index in [4.69, 9.17) is 5.73 Å². The molecule has 0 saturated heterocycles. The first-order chi connectivity index (χ1) is 10.3. The second kappa shape index (κ2) is 6.54. The molecule has 2 aromatic heterocycles. The van der Waals surface area contributed by atoms with Crippen LogP contribution in [0.4, 0.5) is 5.95 Å². The van der Waals surface area contributed by atoms with Gasteiger partial charge in [0.05, 0.1) is 6.54 Å². The molecule has 1 aliphatic rings. The molecule has 2 aromatic rings. The van der Waals surface area contributed by atoms with Crippen molar-refractivity contribution in [3.8, 4) is 0 Å². The molecule has 21 heavy (non-hydrogen) atoms. The lowest BCUT2D eigenvalue weighted by atomic mass is 10.1. The number of nitrogens with two attached hydrogens (primary N) is 1. The van der Waals surface area contributed by atoms with E-state index in [0.717, 1.165) is 30.9 Å². The molecular formula is C16H22N4S. The molecule has 0 aromatic carbocycles. The fraction of sp³-hybridized carbons (Fsp3) is 0.500. The van der Waals surface area contributed by atoms with Gasteiger partial charge in [-0.25, -0.2) is 9.97 Å². The number of hydrogen-bond donors (Lipinski definition) is 1. The SMILES string of the molecule is CCC(N)Cc1cnc(N(Cc2cccs2)C2CC2)nc1. The van der Waals surface area contributed by atoms with Crippen LogP contribution in [-0.2, 0) is 13.0 Å². The van der Waals surface area contributed by atoms with Crippen LogP contribution in [0, 0.1) is 0 Å². The maximum atomic E-state index is 5.99. The summed E-state index contributed by atoms with van der Waals surface area (Å²) >= 11 is 1.79. The Morgan fingerprint density at radius 3 is 2.71 bits per heavy atom. The van der Waals surface area contributed by atoms with Crippen molar-refractivity contribution < 1.29 is 0 Å². The first-order valence-corrected chi connectivity index (χ1v) is 8.49. The van der Waals surface area contributed by atoms with Crippen LogP contribution >= 0.6 is 11.3 Å². The lowest BCUT2D eigenvalue weighted by Crippen LogP contribution is -2.27. The smallest absolute Gasteiger partial charge is 0.225 e. The van der Waals surface area contributed by atoms with E-state index in [1.54, 1.807) is 11.3 Å². The first kappa shape index (κ1) is 14.5. The maximum Gasteiger partial charge on any atom is 0.225 e. The summed E-state index contributed by atoms with van der Waals surface area (Å²) in [5.74, 6) is 0.847. The Morgan fingerprint density at radius 2 is 2.14 bits per heavy atom. The van der Waals surface area contributed by atoms with Crippen LogP contribution in [0.2, 0.25) is 0 Å². The highest BCUT2D eigenvalue weighted by molar-refractivity contribution is 7.09. The van der Waals surface area contributed by atoms with E-state index in [9.17, 15) is 0 Å². The molecule has 0 bridgehead atoms. The quantitative estimate of drug-likeness (QED) is 0.854. The molecule has 2 heterocycles. The molecular weight excluding hydrogens is 280 g/mol. The summed E-state index contributed by atoms with van der Waals surface area (Å²) < 4.78 is 0. The van der Waals surface area contributed by atoms with Gasteiger partial charge < -0.3 is 10.6 Å². The third-order valence-electron chi connectivity index (χ3n) is 3.86. The zero-order chi connectivity index (χ0) is 14.7. The molecule has 0 aliphatic heterocycles. The molecule has 0 radical (unpaired) electrons. The molecule has 1 fully saturated rings. The Hall–Kier alpha value is -1.46. The van der Waals surface area contributed by atoms with Crippen molar-refractivity contribution in [1.82, 2.24) is 9.97 Å². The molecule has 3 rings (SSSR count). The van der Waals surface area contributed by atoms with E-state index in [-0.39, 0.29) is 6.04 Å². The highest BCUT2D eigenvalue weighted by Gasteiger charge is 2.31. The predicted molar refractivity (Wildman–Crippen MR) is 87.5 cm³/mol. The van der Waals surface area contributed by atoms with Crippen LogP contribution in [0.3, 0.4) is 0 Å². The zero-order valence-corrected chi connectivity index (χ0v) is 13.2. The fourth-order valence-corrected chi connectivity index (χ4v) is 3.07. The van der Waals surface area contributed by atoms with Crippen LogP contribution < -0.4 is 10.6 Å². The number of aromatic nitrogens is 2. The van der Waals surface area contributed by atoms with E-state index >= 15 is 0 Å². The van der Waals surface area contributed by atoms with E-state index in [2.05, 4.69) is 39.3 Å². The minimum atomic E-state index is 0.199. The molecule has 112 valence electrons. The molecule has 0 amide bonds. The van der Waals surface area contributed by atoms with Gasteiger partial charge in [-0.2, -0.15) is 0 Å². The molecule has 1 atom stereocenters. The standard InChI is InChI=1S/C16H22N4S/c1-2-13(17)8-12-9-18-16(19-10-12)20(14-5-6-14)11-15-4-3-7-21-15/h3-4,7,9-10,13-14H,2,5-6,8,11,17H2,1H3. The van der Waals surface area contributed by atoms with E-state index in [1.165, 1.54) is 17.7 Å². The van der Waals surface area contributed by atoms with Crippen molar-refractivity contribution in [2.24, 2.45) is 5.73 Å². The normalized spacial score (nSPS) is 15.9. The van der Waals surface area contributed by atoms with E-state index in [0.29, 0.717) is 6.04 Å². The summed E-state index contributed by atoms with van der Waals surface area (Å²) in [5, 5.41) is 2.12. The van der Waals surface area contributed by atoms with Crippen molar-refractivity contribution in [3.05, 3.63) is 40.3 Å². The molecule has 1 saturated carbocycles. The van der Waals surface area contributed by atoms with Gasteiger partial charge in [0.2, 0.25) is 5.95 Å². The Morgan fingerprint density at radius 1 is 1.38 bits per heavy atom. The number of rotatable bonds is 7. The second-order valence-corrected chi connectivity index (χ2v) is 6.73. The average Bonchev–Trinajstić information content (AvgIpc) is 3.22. The van der Waals surface area contributed by atoms with Gasteiger partial charge in [0, 0.05) is 29.4 Å². The third kappa shape index (κ3) is 3.80. The second-order valence-electron chi connectivity index (χ2n) is 5.70. The topological polar surface area (TPSA) is 55.0 Å². The van der Waals surface area contributed by atoms with Crippen molar-refractivity contribution in [1.29, 1.82) is 0 Å². The maximum absolute atomic E-state index is 5.99. The van der Waals surface area contributed by atoms with Crippen molar-refractivity contribution in [2.45, 2.75) is 51.2 Å². The summed E-state index contributed by atoms with van der Waals surface area (Å²) in [6.45, 7) is 3.02. The molecule has 2 N–H and O–H groups in total. The number of nitrogens with zero attached hydrogens (tertiary/aromatic N) is 3. The molecule has 1 aliphatic carbocycles. The van der Waals surface area contributed by atoms with Gasteiger partial charge in [-0.1, -0.05) is 13.0 Å². The Kier molecular flexibility index (Phi) is 4.51. The lowest BCUT2D eigenvalue weighted by molar-refractivity contribution is 0.642. The van der Waals surface area contributed by atoms with Gasteiger partial charge in [-0.15, -0.1) is 11.3 Å². The zero-order valence-electron chi connectivity index (χ0n) is 12.4. The van der Waals surface area contributed by atoms with Crippen LogP contribution in [-0.4, -0.2) is 22.1 Å². The number of anilines is 1. The lowest BCUT2D eigenvalue weighted by Gasteiger charge is -2.21. The molecule has 4 nitrogen and oxygen atoms in total. The summed E-state index contributed by atoms with van der Waals surface area (Å²) in [7, 11) is 0. The summed E-state index contributed by atoms with van der Waals surface area (Å²) in [6, 6.07) is 5.08. The monoisotopic (exact) mass is 302 g/mol. The van der Waals surface area contributed by atoms with Crippen LogP contribution in [0.15, 0.2) is 29.9 Å². The highest BCUT2D eigenvalue weighted by atomic mass is 32.1. The van der Waals surface area contributed by atoms with Crippen molar-refractivity contribution >= 4 is 17.3 Å². The molecule has 1 unspecified atom stereocenters. The Bertz CT molecular complexity index is 548. The molecule has 0 spiro atoms. The van der Waals surface area contributed by atoms with Gasteiger partial charge in [-0.3, -0.25) is 0 Å². The van der Waals surface area contributed by atoms with E-state index in [1.807, 2.05) is 12.4 Å². The number of thiophene rings is 1. The minimum absolute atomic E-state index is 0.199. The fourth-order valence-electron chi connectivity index (χ4n) is 2.37. The molecule has 5 heteroatoms. The van der Waals surface area contributed by atoms with Gasteiger partial charge in [0.1, 0.15) is 0 Å². The third-order valence-corrected chi connectivity index (χ3v) is 4.73. The van der Waals surface area contributed by atoms with E-state index < -0.39 is 0 Å². The highest BCUT2D eigenvalue weighted by Crippen LogP contribution is 2.31. The van der Waals surface area contributed by atoms with Gasteiger partial charge in [-0.05, 0) is 42.7 Å². The number of hydrogen-bond acceptors (Lipinski definition) is 5. The van der Waals surface area contributed by atoms with Gasteiger partial charge in [0.25, 0.3) is 0 Å². The van der Waals surface area contributed by atoms with Crippen molar-refractivity contribution in [2.75, 3.05) is 4.90 Å². The Labute approximate surface area is 130 Å². The van der Waals surface area contributed by atoms with Crippen molar-refractivity contribution in [3.63, 3.8) is 0 Å². The average molecular weight is 302 g/mol. The van der Waals surface area contributed by atoms with Crippen LogP contribution in [0.5, 0.6) is 0 Å². The van der Waals surface area contributed by atoms with Crippen LogP contribution in [0.25, 0.3) is 0 Å².